The summed E-state index contributed by atoms with van der Waals surface area (Å²) < 4.78 is 18.5. The van der Waals surface area contributed by atoms with E-state index in [1.165, 1.54) is 0 Å². The molecule has 3 aromatic rings. The van der Waals surface area contributed by atoms with E-state index in [0.29, 0.717) is 22.6 Å². The van der Waals surface area contributed by atoms with Gasteiger partial charge in [0.2, 0.25) is 0 Å². The number of hydrogen-bond donors (Lipinski definition) is 0. The lowest BCUT2D eigenvalue weighted by atomic mass is 10.2. The highest BCUT2D eigenvalue weighted by Crippen LogP contribution is 2.19. The number of benzene rings is 2. The van der Waals surface area contributed by atoms with Crippen LogP contribution in [0.5, 0.6) is 11.5 Å². The standard InChI is InChI=1S/C14H10N2O3S/c1-18-10-3-5-11(6-4-10)19-14(17)9-2-7-12-13(8-9)16-20-15-12/h2-8H,1H3. The van der Waals surface area contributed by atoms with E-state index in [-0.39, 0.29) is 0 Å². The Labute approximate surface area is 119 Å². The maximum atomic E-state index is 12.0. The van der Waals surface area contributed by atoms with Gasteiger partial charge in [-0.15, -0.1) is 0 Å². The van der Waals surface area contributed by atoms with Gasteiger partial charge in [-0.05, 0) is 42.5 Å². The van der Waals surface area contributed by atoms with Crippen LogP contribution in [-0.2, 0) is 0 Å². The third-order valence-corrected chi connectivity index (χ3v) is 3.32. The van der Waals surface area contributed by atoms with Gasteiger partial charge in [-0.1, -0.05) is 0 Å². The third kappa shape index (κ3) is 2.46. The third-order valence-electron chi connectivity index (χ3n) is 2.76. The van der Waals surface area contributed by atoms with Crippen LogP contribution in [0.2, 0.25) is 0 Å². The Hall–Kier alpha value is -2.47. The van der Waals surface area contributed by atoms with Gasteiger partial charge < -0.3 is 9.47 Å². The van der Waals surface area contributed by atoms with E-state index in [1.807, 2.05) is 0 Å². The van der Waals surface area contributed by atoms with E-state index in [1.54, 1.807) is 49.6 Å². The van der Waals surface area contributed by atoms with Gasteiger partial charge in [-0.3, -0.25) is 0 Å². The number of nitrogens with zero attached hydrogens (tertiary/aromatic N) is 2. The first-order valence-corrected chi connectivity index (χ1v) is 6.58. The number of rotatable bonds is 3. The van der Waals surface area contributed by atoms with Crippen molar-refractivity contribution in [1.82, 2.24) is 8.75 Å². The molecule has 0 spiro atoms. The summed E-state index contributed by atoms with van der Waals surface area (Å²) in [6.45, 7) is 0. The van der Waals surface area contributed by atoms with Crippen molar-refractivity contribution in [2.45, 2.75) is 0 Å². The molecular weight excluding hydrogens is 276 g/mol. The van der Waals surface area contributed by atoms with Crippen LogP contribution >= 0.6 is 11.7 Å². The van der Waals surface area contributed by atoms with E-state index in [2.05, 4.69) is 8.75 Å². The largest absolute Gasteiger partial charge is 0.497 e. The summed E-state index contributed by atoms with van der Waals surface area (Å²) in [6.07, 6.45) is 0. The molecule has 3 rings (SSSR count). The van der Waals surface area contributed by atoms with Crippen molar-refractivity contribution in [3.05, 3.63) is 48.0 Å². The van der Waals surface area contributed by atoms with E-state index in [0.717, 1.165) is 17.2 Å². The predicted molar refractivity (Wildman–Crippen MR) is 75.4 cm³/mol. The summed E-state index contributed by atoms with van der Waals surface area (Å²) in [5, 5.41) is 0. The summed E-state index contributed by atoms with van der Waals surface area (Å²) >= 11 is 1.12. The van der Waals surface area contributed by atoms with Crippen molar-refractivity contribution in [2.24, 2.45) is 0 Å². The molecule has 0 saturated heterocycles. The molecule has 100 valence electrons. The molecule has 20 heavy (non-hydrogen) atoms. The molecular formula is C14H10N2O3S. The van der Waals surface area contributed by atoms with Crippen LogP contribution in [0.25, 0.3) is 11.0 Å². The van der Waals surface area contributed by atoms with Crippen molar-refractivity contribution in [3.63, 3.8) is 0 Å². The van der Waals surface area contributed by atoms with E-state index in [4.69, 9.17) is 9.47 Å². The molecule has 1 aromatic heterocycles. The minimum atomic E-state index is -0.426. The highest BCUT2D eigenvalue weighted by atomic mass is 32.1. The molecule has 0 N–H and O–H groups in total. The molecule has 0 fully saturated rings. The molecule has 0 aliphatic rings. The van der Waals surface area contributed by atoms with Crippen LogP contribution < -0.4 is 9.47 Å². The van der Waals surface area contributed by atoms with Crippen LogP contribution in [0.15, 0.2) is 42.5 Å². The van der Waals surface area contributed by atoms with Crippen LogP contribution in [-0.4, -0.2) is 21.8 Å². The predicted octanol–water partition coefficient (Wildman–Crippen LogP) is 2.92. The molecule has 0 unspecified atom stereocenters. The maximum absolute atomic E-state index is 12.0. The smallest absolute Gasteiger partial charge is 0.343 e. The first-order chi connectivity index (χ1) is 9.76. The first kappa shape index (κ1) is 12.6. The van der Waals surface area contributed by atoms with Crippen molar-refractivity contribution in [3.8, 4) is 11.5 Å². The number of methoxy groups -OCH3 is 1. The molecule has 5 nitrogen and oxygen atoms in total. The van der Waals surface area contributed by atoms with Gasteiger partial charge in [0.1, 0.15) is 22.5 Å². The summed E-state index contributed by atoms with van der Waals surface area (Å²) in [5.41, 5.74) is 1.91. The molecule has 0 bridgehead atoms. The van der Waals surface area contributed by atoms with E-state index < -0.39 is 5.97 Å². The molecule has 0 amide bonds. The zero-order valence-electron chi connectivity index (χ0n) is 10.6. The van der Waals surface area contributed by atoms with Gasteiger partial charge in [0.05, 0.1) is 24.4 Å². The highest BCUT2D eigenvalue weighted by molar-refractivity contribution is 7.00. The Morgan fingerprint density at radius 3 is 2.45 bits per heavy atom. The summed E-state index contributed by atoms with van der Waals surface area (Å²) in [5.74, 6) is 0.747. The number of hydrogen-bond acceptors (Lipinski definition) is 6. The van der Waals surface area contributed by atoms with Gasteiger partial charge in [-0.25, -0.2) is 4.79 Å². The van der Waals surface area contributed by atoms with Crippen LogP contribution in [0, 0.1) is 0 Å². The van der Waals surface area contributed by atoms with Crippen molar-refractivity contribution in [2.75, 3.05) is 7.11 Å². The number of carbonyl (C=O) groups excluding carboxylic acids is 1. The second-order valence-electron chi connectivity index (χ2n) is 4.03. The second kappa shape index (κ2) is 5.26. The number of aromatic nitrogens is 2. The number of carbonyl (C=O) groups is 1. The van der Waals surface area contributed by atoms with Crippen LogP contribution in [0.1, 0.15) is 10.4 Å². The minimum Gasteiger partial charge on any atom is -0.497 e. The number of fused-ring (bicyclic) bond motifs is 1. The zero-order valence-corrected chi connectivity index (χ0v) is 11.4. The normalized spacial score (nSPS) is 10.4. The summed E-state index contributed by atoms with van der Waals surface area (Å²) in [7, 11) is 1.58. The van der Waals surface area contributed by atoms with Gasteiger partial charge in [0.25, 0.3) is 0 Å². The zero-order chi connectivity index (χ0) is 13.9. The van der Waals surface area contributed by atoms with Gasteiger partial charge in [0, 0.05) is 0 Å². The Kier molecular flexibility index (Phi) is 3.30. The average molecular weight is 286 g/mol. The molecule has 2 aromatic carbocycles. The molecule has 0 aliphatic heterocycles. The SMILES string of the molecule is COc1ccc(OC(=O)c2ccc3nsnc3c2)cc1. The Bertz CT molecular complexity index is 752. The lowest BCUT2D eigenvalue weighted by Gasteiger charge is -2.05. The Morgan fingerprint density at radius 2 is 1.70 bits per heavy atom. The van der Waals surface area contributed by atoms with Crippen molar-refractivity contribution in [1.29, 1.82) is 0 Å². The number of ether oxygens (including phenoxy) is 2. The van der Waals surface area contributed by atoms with Crippen molar-refractivity contribution >= 4 is 28.7 Å². The number of esters is 1. The summed E-state index contributed by atoms with van der Waals surface area (Å²) in [4.78, 5) is 12.0. The molecule has 6 heteroatoms. The monoisotopic (exact) mass is 286 g/mol. The highest BCUT2D eigenvalue weighted by Gasteiger charge is 2.10. The van der Waals surface area contributed by atoms with Crippen LogP contribution in [0.4, 0.5) is 0 Å². The topological polar surface area (TPSA) is 61.3 Å². The molecule has 0 aliphatic carbocycles. The second-order valence-corrected chi connectivity index (χ2v) is 4.56. The average Bonchev–Trinajstić information content (AvgIpc) is 2.95. The fraction of sp³-hybridized carbons (Fsp3) is 0.0714. The molecule has 0 radical (unpaired) electrons. The quantitative estimate of drug-likeness (QED) is 0.547. The molecule has 0 saturated carbocycles. The molecule has 0 atom stereocenters. The van der Waals surface area contributed by atoms with Gasteiger partial charge >= 0.3 is 5.97 Å². The fourth-order valence-electron chi connectivity index (χ4n) is 1.72. The first-order valence-electron chi connectivity index (χ1n) is 5.85. The van der Waals surface area contributed by atoms with E-state index in [9.17, 15) is 4.79 Å². The van der Waals surface area contributed by atoms with Gasteiger partial charge in [0.15, 0.2) is 0 Å². The van der Waals surface area contributed by atoms with E-state index >= 15 is 0 Å². The lowest BCUT2D eigenvalue weighted by Crippen LogP contribution is -2.08. The van der Waals surface area contributed by atoms with Crippen LogP contribution in [0.3, 0.4) is 0 Å². The summed E-state index contributed by atoms with van der Waals surface area (Å²) in [6, 6.07) is 11.9. The maximum Gasteiger partial charge on any atom is 0.343 e. The van der Waals surface area contributed by atoms with Gasteiger partial charge in [-0.2, -0.15) is 8.75 Å². The Balaban J connectivity index is 1.80. The van der Waals surface area contributed by atoms with Crippen molar-refractivity contribution < 1.29 is 14.3 Å². The fourth-order valence-corrected chi connectivity index (χ4v) is 2.24. The molecule has 1 heterocycles. The Morgan fingerprint density at radius 1 is 1.00 bits per heavy atom. The lowest BCUT2D eigenvalue weighted by molar-refractivity contribution is 0.0735. The minimum absolute atomic E-state index is 0.426.